The second kappa shape index (κ2) is 3.61. The highest BCUT2D eigenvalue weighted by molar-refractivity contribution is 6.30. The summed E-state index contributed by atoms with van der Waals surface area (Å²) in [6.07, 6.45) is 1.78. The van der Waals surface area contributed by atoms with E-state index in [1.165, 1.54) is 0 Å². The van der Waals surface area contributed by atoms with Crippen LogP contribution in [0.15, 0.2) is 6.07 Å². The van der Waals surface area contributed by atoms with E-state index in [4.69, 9.17) is 11.6 Å². The average Bonchev–Trinajstić information content (AvgIpc) is 2.18. The molecule has 0 aliphatic heterocycles. The molecule has 2 N–H and O–H groups in total. The third kappa shape index (κ3) is 2.06. The summed E-state index contributed by atoms with van der Waals surface area (Å²) in [6.45, 7) is 3.70. The number of rotatable bonds is 2. The molecule has 0 radical (unpaired) electrons. The van der Waals surface area contributed by atoms with Crippen LogP contribution in [0.25, 0.3) is 0 Å². The monoisotopic (exact) mass is 227 g/mol. The lowest BCUT2D eigenvalue weighted by Gasteiger charge is -2.43. The summed E-state index contributed by atoms with van der Waals surface area (Å²) in [5, 5.41) is 21.1. The van der Waals surface area contributed by atoms with Gasteiger partial charge in [0.2, 0.25) is 0 Å². The molecule has 0 amide bonds. The molecule has 5 heteroatoms. The van der Waals surface area contributed by atoms with Gasteiger partial charge in [-0.2, -0.15) is 0 Å². The smallest absolute Gasteiger partial charge is 0.154 e. The zero-order valence-electron chi connectivity index (χ0n) is 8.79. The van der Waals surface area contributed by atoms with Crippen molar-refractivity contribution in [3.05, 3.63) is 16.8 Å². The SMILES string of the molecule is Cc1cc(NC2CCC2(C)O)nnc1Cl. The minimum absolute atomic E-state index is 0.0624. The highest BCUT2D eigenvalue weighted by Gasteiger charge is 2.41. The maximum absolute atomic E-state index is 9.82. The van der Waals surface area contributed by atoms with Gasteiger partial charge in [-0.1, -0.05) is 11.6 Å². The van der Waals surface area contributed by atoms with Gasteiger partial charge in [-0.05, 0) is 38.3 Å². The Morgan fingerprint density at radius 2 is 2.33 bits per heavy atom. The van der Waals surface area contributed by atoms with Gasteiger partial charge in [-0.15, -0.1) is 10.2 Å². The van der Waals surface area contributed by atoms with Crippen LogP contribution in [-0.4, -0.2) is 26.9 Å². The van der Waals surface area contributed by atoms with Crippen LogP contribution in [0.3, 0.4) is 0 Å². The highest BCUT2D eigenvalue weighted by atomic mass is 35.5. The first-order valence-electron chi connectivity index (χ1n) is 4.98. The van der Waals surface area contributed by atoms with Gasteiger partial charge in [0.1, 0.15) is 5.82 Å². The molecular weight excluding hydrogens is 214 g/mol. The molecule has 0 bridgehead atoms. The van der Waals surface area contributed by atoms with Gasteiger partial charge in [-0.25, -0.2) is 0 Å². The van der Waals surface area contributed by atoms with Crippen molar-refractivity contribution >= 4 is 17.4 Å². The fraction of sp³-hybridized carbons (Fsp3) is 0.600. The van der Waals surface area contributed by atoms with Crippen molar-refractivity contribution in [2.24, 2.45) is 0 Å². The number of aliphatic hydroxyl groups is 1. The second-order valence-corrected chi connectivity index (χ2v) is 4.65. The first-order chi connectivity index (χ1) is 6.99. The molecule has 1 aliphatic rings. The lowest BCUT2D eigenvalue weighted by Crippen LogP contribution is -2.53. The van der Waals surface area contributed by atoms with E-state index in [0.29, 0.717) is 11.0 Å². The summed E-state index contributed by atoms with van der Waals surface area (Å²) < 4.78 is 0. The number of aromatic nitrogens is 2. The van der Waals surface area contributed by atoms with Crippen molar-refractivity contribution in [3.63, 3.8) is 0 Å². The third-order valence-corrected chi connectivity index (χ3v) is 3.31. The molecule has 0 aromatic carbocycles. The van der Waals surface area contributed by atoms with E-state index in [1.807, 2.05) is 19.9 Å². The number of anilines is 1. The average molecular weight is 228 g/mol. The van der Waals surface area contributed by atoms with Crippen LogP contribution in [0.2, 0.25) is 5.15 Å². The molecule has 1 aromatic heterocycles. The Labute approximate surface area is 93.7 Å². The molecule has 4 nitrogen and oxygen atoms in total. The van der Waals surface area contributed by atoms with Gasteiger partial charge in [0.15, 0.2) is 5.15 Å². The van der Waals surface area contributed by atoms with E-state index in [9.17, 15) is 5.11 Å². The summed E-state index contributed by atoms with van der Waals surface area (Å²) in [6, 6.07) is 1.90. The molecule has 1 aliphatic carbocycles. The van der Waals surface area contributed by atoms with E-state index in [-0.39, 0.29) is 6.04 Å². The first-order valence-corrected chi connectivity index (χ1v) is 5.35. The number of nitrogens with zero attached hydrogens (tertiary/aromatic N) is 2. The molecule has 1 aromatic rings. The Bertz CT molecular complexity index is 381. The number of aryl methyl sites for hydroxylation is 1. The van der Waals surface area contributed by atoms with Crippen LogP contribution < -0.4 is 5.32 Å². The van der Waals surface area contributed by atoms with Gasteiger partial charge in [0.25, 0.3) is 0 Å². The molecule has 2 unspecified atom stereocenters. The summed E-state index contributed by atoms with van der Waals surface area (Å²) in [5.74, 6) is 0.668. The molecular formula is C10H14ClN3O. The van der Waals surface area contributed by atoms with E-state index >= 15 is 0 Å². The van der Waals surface area contributed by atoms with Crippen molar-refractivity contribution in [1.82, 2.24) is 10.2 Å². The second-order valence-electron chi connectivity index (χ2n) is 4.30. The van der Waals surface area contributed by atoms with Crippen molar-refractivity contribution < 1.29 is 5.11 Å². The maximum atomic E-state index is 9.82. The molecule has 82 valence electrons. The molecule has 1 saturated carbocycles. The Kier molecular flexibility index (Phi) is 2.56. The van der Waals surface area contributed by atoms with Crippen molar-refractivity contribution in [2.75, 3.05) is 5.32 Å². The van der Waals surface area contributed by atoms with E-state index < -0.39 is 5.60 Å². The zero-order valence-corrected chi connectivity index (χ0v) is 9.54. The number of hydrogen-bond donors (Lipinski definition) is 2. The molecule has 1 fully saturated rings. The number of halogens is 1. The van der Waals surface area contributed by atoms with Crippen LogP contribution in [0.4, 0.5) is 5.82 Å². The van der Waals surface area contributed by atoms with E-state index in [2.05, 4.69) is 15.5 Å². The molecule has 0 spiro atoms. The molecule has 15 heavy (non-hydrogen) atoms. The summed E-state index contributed by atoms with van der Waals surface area (Å²) in [5.41, 5.74) is 0.253. The predicted molar refractivity (Wildman–Crippen MR) is 59.0 cm³/mol. The zero-order chi connectivity index (χ0) is 11.1. The van der Waals surface area contributed by atoms with Gasteiger partial charge < -0.3 is 10.4 Å². The van der Waals surface area contributed by atoms with Gasteiger partial charge in [-0.3, -0.25) is 0 Å². The minimum Gasteiger partial charge on any atom is -0.388 e. The molecule has 1 heterocycles. The van der Waals surface area contributed by atoms with Crippen LogP contribution in [-0.2, 0) is 0 Å². The normalized spacial score (nSPS) is 29.7. The largest absolute Gasteiger partial charge is 0.388 e. The molecule has 2 rings (SSSR count). The minimum atomic E-state index is -0.630. The standard InChI is InChI=1S/C10H14ClN3O/c1-6-5-8(13-14-9(6)11)12-7-3-4-10(7,2)15/h5,7,15H,3-4H2,1-2H3,(H,12,13). The maximum Gasteiger partial charge on any atom is 0.154 e. The van der Waals surface area contributed by atoms with Crippen LogP contribution in [0.1, 0.15) is 25.3 Å². The van der Waals surface area contributed by atoms with Gasteiger partial charge >= 0.3 is 0 Å². The highest BCUT2D eigenvalue weighted by Crippen LogP contribution is 2.33. The van der Waals surface area contributed by atoms with Gasteiger partial charge in [0, 0.05) is 0 Å². The summed E-state index contributed by atoms with van der Waals surface area (Å²) >= 11 is 5.77. The fourth-order valence-corrected chi connectivity index (χ4v) is 1.75. The summed E-state index contributed by atoms with van der Waals surface area (Å²) in [4.78, 5) is 0. The van der Waals surface area contributed by atoms with Crippen LogP contribution >= 0.6 is 11.6 Å². The Morgan fingerprint density at radius 1 is 1.60 bits per heavy atom. The van der Waals surface area contributed by atoms with Crippen LogP contribution in [0.5, 0.6) is 0 Å². The van der Waals surface area contributed by atoms with Crippen molar-refractivity contribution in [3.8, 4) is 0 Å². The Hall–Kier alpha value is -0.870. The number of nitrogens with one attached hydrogen (secondary N) is 1. The first kappa shape index (κ1) is 10.6. The van der Waals surface area contributed by atoms with Gasteiger partial charge in [0.05, 0.1) is 11.6 Å². The predicted octanol–water partition coefficient (Wildman–Crippen LogP) is 1.76. The fourth-order valence-electron chi connectivity index (χ4n) is 1.65. The topological polar surface area (TPSA) is 58.0 Å². The quantitative estimate of drug-likeness (QED) is 0.809. The summed E-state index contributed by atoms with van der Waals surface area (Å²) in [7, 11) is 0. The molecule has 0 saturated heterocycles. The van der Waals surface area contributed by atoms with Crippen molar-refractivity contribution in [2.45, 2.75) is 38.3 Å². The van der Waals surface area contributed by atoms with E-state index in [1.54, 1.807) is 0 Å². The van der Waals surface area contributed by atoms with E-state index in [0.717, 1.165) is 18.4 Å². The third-order valence-electron chi connectivity index (χ3n) is 2.94. The lowest BCUT2D eigenvalue weighted by molar-refractivity contribution is -0.0287. The Morgan fingerprint density at radius 3 is 2.80 bits per heavy atom. The van der Waals surface area contributed by atoms with Crippen molar-refractivity contribution in [1.29, 1.82) is 0 Å². The molecule has 2 atom stereocenters. The Balaban J connectivity index is 2.08. The number of hydrogen-bond acceptors (Lipinski definition) is 4. The lowest BCUT2D eigenvalue weighted by atomic mass is 9.76. The van der Waals surface area contributed by atoms with Crippen LogP contribution in [0, 0.1) is 6.92 Å².